The molecule has 4 nitrogen and oxygen atoms in total. The highest BCUT2D eigenvalue weighted by atomic mass is 32.2. The van der Waals surface area contributed by atoms with Gasteiger partial charge in [-0.15, -0.1) is 0 Å². The Morgan fingerprint density at radius 1 is 1.33 bits per heavy atom. The molecule has 0 aromatic carbocycles. The van der Waals surface area contributed by atoms with E-state index in [2.05, 4.69) is 24.2 Å². The van der Waals surface area contributed by atoms with Crippen molar-refractivity contribution < 1.29 is 8.42 Å². The summed E-state index contributed by atoms with van der Waals surface area (Å²) in [6, 6.07) is 0.451. The Bertz CT molecular complexity index is 263. The quantitative estimate of drug-likeness (QED) is 0.686. The molecule has 1 fully saturated rings. The van der Waals surface area contributed by atoms with Crippen LogP contribution in [0.1, 0.15) is 19.8 Å². The summed E-state index contributed by atoms with van der Waals surface area (Å²) in [4.78, 5) is 2.28. The molecule has 1 rings (SSSR count). The van der Waals surface area contributed by atoms with Gasteiger partial charge in [0.05, 0.1) is 11.5 Å². The van der Waals surface area contributed by atoms with Gasteiger partial charge in [-0.2, -0.15) is 0 Å². The summed E-state index contributed by atoms with van der Waals surface area (Å²) in [6.45, 7) is 5.06. The Hall–Kier alpha value is -0.130. The van der Waals surface area contributed by atoms with Crippen LogP contribution in [0.25, 0.3) is 0 Å². The van der Waals surface area contributed by atoms with Gasteiger partial charge in [-0.25, -0.2) is 8.42 Å². The average Bonchev–Trinajstić information content (AvgIpc) is 2.18. The van der Waals surface area contributed by atoms with E-state index >= 15 is 0 Å². The summed E-state index contributed by atoms with van der Waals surface area (Å²) in [5.41, 5.74) is 0. The number of nitrogens with zero attached hydrogens (tertiary/aromatic N) is 1. The second kappa shape index (κ2) is 5.82. The van der Waals surface area contributed by atoms with Crippen molar-refractivity contribution in [3.8, 4) is 0 Å². The lowest BCUT2D eigenvalue weighted by molar-refractivity contribution is 0.227. The number of hydrogen-bond donors (Lipinski definition) is 1. The third-order valence-corrected chi connectivity index (χ3v) is 4.75. The Kier molecular flexibility index (Phi) is 5.02. The summed E-state index contributed by atoms with van der Waals surface area (Å²) in [6.07, 6.45) is 1.59. The zero-order valence-electron chi connectivity index (χ0n) is 9.70. The Morgan fingerprint density at radius 3 is 2.47 bits per heavy atom. The van der Waals surface area contributed by atoms with E-state index in [1.54, 1.807) is 0 Å². The molecule has 15 heavy (non-hydrogen) atoms. The highest BCUT2D eigenvalue weighted by molar-refractivity contribution is 7.91. The van der Waals surface area contributed by atoms with Crippen LogP contribution >= 0.6 is 0 Å². The summed E-state index contributed by atoms with van der Waals surface area (Å²) in [7, 11) is -0.633. The SMILES string of the molecule is CCNCCN(C)C1CCS(=O)(=O)CC1. The van der Waals surface area contributed by atoms with Gasteiger partial charge in [-0.05, 0) is 26.4 Å². The molecule has 0 aliphatic carbocycles. The molecule has 0 aromatic heterocycles. The van der Waals surface area contributed by atoms with Crippen LogP contribution in [-0.4, -0.2) is 57.5 Å². The monoisotopic (exact) mass is 234 g/mol. The van der Waals surface area contributed by atoms with Gasteiger partial charge in [-0.1, -0.05) is 6.92 Å². The fourth-order valence-corrected chi connectivity index (χ4v) is 3.40. The van der Waals surface area contributed by atoms with Gasteiger partial charge in [0.2, 0.25) is 0 Å². The molecular weight excluding hydrogens is 212 g/mol. The predicted octanol–water partition coefficient (Wildman–Crippen LogP) is 0.105. The van der Waals surface area contributed by atoms with E-state index in [0.717, 1.165) is 32.5 Å². The number of likely N-dealkylation sites (N-methyl/N-ethyl adjacent to an activating group) is 2. The van der Waals surface area contributed by atoms with Crippen LogP contribution in [0.15, 0.2) is 0 Å². The first-order valence-corrected chi connectivity index (χ1v) is 7.48. The molecule has 0 aromatic rings. The lowest BCUT2D eigenvalue weighted by Gasteiger charge is -2.31. The Labute approximate surface area is 93.0 Å². The lowest BCUT2D eigenvalue weighted by Crippen LogP contribution is -2.41. The Morgan fingerprint density at radius 2 is 1.93 bits per heavy atom. The van der Waals surface area contributed by atoms with E-state index in [1.165, 1.54) is 0 Å². The second-order valence-electron chi connectivity index (χ2n) is 4.22. The molecular formula is C10H22N2O2S. The van der Waals surface area contributed by atoms with E-state index < -0.39 is 9.84 Å². The molecule has 1 aliphatic rings. The van der Waals surface area contributed by atoms with E-state index in [-0.39, 0.29) is 0 Å². The summed E-state index contributed by atoms with van der Waals surface area (Å²) in [5.74, 6) is 0.729. The van der Waals surface area contributed by atoms with Crippen LogP contribution in [0, 0.1) is 0 Å². The van der Waals surface area contributed by atoms with Crippen LogP contribution in [0.3, 0.4) is 0 Å². The van der Waals surface area contributed by atoms with Crippen molar-refractivity contribution in [2.45, 2.75) is 25.8 Å². The van der Waals surface area contributed by atoms with Gasteiger partial charge in [0.1, 0.15) is 9.84 Å². The van der Waals surface area contributed by atoms with Crippen molar-refractivity contribution in [1.82, 2.24) is 10.2 Å². The normalized spacial score (nSPS) is 22.1. The molecule has 0 amide bonds. The van der Waals surface area contributed by atoms with Gasteiger partial charge < -0.3 is 10.2 Å². The topological polar surface area (TPSA) is 49.4 Å². The molecule has 0 spiro atoms. The van der Waals surface area contributed by atoms with Crippen LogP contribution < -0.4 is 5.32 Å². The van der Waals surface area contributed by atoms with E-state index in [9.17, 15) is 8.42 Å². The van der Waals surface area contributed by atoms with Crippen molar-refractivity contribution in [2.75, 3.05) is 38.2 Å². The number of rotatable bonds is 5. The van der Waals surface area contributed by atoms with Gasteiger partial charge in [-0.3, -0.25) is 0 Å². The molecule has 5 heteroatoms. The van der Waals surface area contributed by atoms with Crippen LogP contribution in [-0.2, 0) is 9.84 Å². The molecule has 0 saturated carbocycles. The lowest BCUT2D eigenvalue weighted by atomic mass is 10.1. The zero-order chi connectivity index (χ0) is 11.3. The molecule has 0 radical (unpaired) electrons. The molecule has 1 aliphatic heterocycles. The van der Waals surface area contributed by atoms with Crippen molar-refractivity contribution in [3.63, 3.8) is 0 Å². The maximum Gasteiger partial charge on any atom is 0.150 e. The highest BCUT2D eigenvalue weighted by Crippen LogP contribution is 2.16. The summed E-state index contributed by atoms with van der Waals surface area (Å²) >= 11 is 0. The Balaban J connectivity index is 2.27. The highest BCUT2D eigenvalue weighted by Gasteiger charge is 2.25. The standard InChI is InChI=1S/C10H22N2O2S/c1-3-11-6-7-12(2)10-4-8-15(13,14)9-5-10/h10-11H,3-9H2,1-2H3. The first-order chi connectivity index (χ1) is 7.05. The van der Waals surface area contributed by atoms with Crippen molar-refractivity contribution in [2.24, 2.45) is 0 Å². The molecule has 1 N–H and O–H groups in total. The van der Waals surface area contributed by atoms with E-state index in [4.69, 9.17) is 0 Å². The minimum absolute atomic E-state index is 0.364. The number of nitrogens with one attached hydrogen (secondary N) is 1. The van der Waals surface area contributed by atoms with Gasteiger partial charge in [0, 0.05) is 19.1 Å². The van der Waals surface area contributed by atoms with E-state index in [1.807, 2.05) is 0 Å². The van der Waals surface area contributed by atoms with Crippen molar-refractivity contribution >= 4 is 9.84 Å². The smallest absolute Gasteiger partial charge is 0.150 e. The predicted molar refractivity (Wildman–Crippen MR) is 62.8 cm³/mol. The van der Waals surface area contributed by atoms with E-state index in [0.29, 0.717) is 17.5 Å². The van der Waals surface area contributed by atoms with Crippen LogP contribution in [0.2, 0.25) is 0 Å². The largest absolute Gasteiger partial charge is 0.316 e. The number of hydrogen-bond acceptors (Lipinski definition) is 4. The fourth-order valence-electron chi connectivity index (χ4n) is 1.93. The molecule has 90 valence electrons. The van der Waals surface area contributed by atoms with Crippen molar-refractivity contribution in [1.29, 1.82) is 0 Å². The van der Waals surface area contributed by atoms with Crippen molar-refractivity contribution in [3.05, 3.63) is 0 Å². The third kappa shape index (κ3) is 4.49. The first kappa shape index (κ1) is 12.9. The number of sulfone groups is 1. The maximum atomic E-state index is 11.2. The summed E-state index contributed by atoms with van der Waals surface area (Å²) in [5, 5.41) is 3.27. The van der Waals surface area contributed by atoms with Crippen LogP contribution in [0.4, 0.5) is 0 Å². The van der Waals surface area contributed by atoms with Gasteiger partial charge in [0.25, 0.3) is 0 Å². The average molecular weight is 234 g/mol. The molecule has 0 atom stereocenters. The zero-order valence-corrected chi connectivity index (χ0v) is 10.5. The molecule has 1 saturated heterocycles. The van der Waals surface area contributed by atoms with Gasteiger partial charge >= 0.3 is 0 Å². The summed E-state index contributed by atoms with van der Waals surface area (Å²) < 4.78 is 22.5. The first-order valence-electron chi connectivity index (χ1n) is 5.66. The molecule has 0 unspecified atom stereocenters. The minimum atomic E-state index is -2.72. The minimum Gasteiger partial charge on any atom is -0.316 e. The third-order valence-electron chi connectivity index (χ3n) is 3.04. The maximum absolute atomic E-state index is 11.2. The fraction of sp³-hybridized carbons (Fsp3) is 1.00. The molecule has 0 bridgehead atoms. The van der Waals surface area contributed by atoms with Gasteiger partial charge in [0.15, 0.2) is 0 Å². The second-order valence-corrected chi connectivity index (χ2v) is 6.52. The molecule has 1 heterocycles. The van der Waals surface area contributed by atoms with Crippen LogP contribution in [0.5, 0.6) is 0 Å².